The molecule has 2 aliphatic rings. The van der Waals surface area contributed by atoms with Crippen LogP contribution in [-0.2, 0) is 44.1 Å². The van der Waals surface area contributed by atoms with Crippen LogP contribution in [0.25, 0.3) is 22.3 Å². The number of halogens is 2. The van der Waals surface area contributed by atoms with Gasteiger partial charge in [-0.2, -0.15) is 5.10 Å². The highest BCUT2D eigenvalue weighted by Gasteiger charge is 2.44. The van der Waals surface area contributed by atoms with E-state index in [1.165, 1.54) is 77.6 Å². The lowest BCUT2D eigenvalue weighted by molar-refractivity contribution is -0.144. The summed E-state index contributed by atoms with van der Waals surface area (Å²) in [5.41, 5.74) is 2.68. The van der Waals surface area contributed by atoms with E-state index in [1.807, 2.05) is 61.5 Å². The Hall–Kier alpha value is -8.39. The maximum atomic E-state index is 14.5. The summed E-state index contributed by atoms with van der Waals surface area (Å²) < 4.78 is 8.69. The van der Waals surface area contributed by atoms with Gasteiger partial charge in [0.15, 0.2) is 18.2 Å². The molecule has 0 bridgehead atoms. The number of aromatic nitrogens is 4. The van der Waals surface area contributed by atoms with E-state index < -0.39 is 53.5 Å². The lowest BCUT2D eigenvalue weighted by atomic mass is 9.90. The molecule has 402 valence electrons. The number of piperidine rings is 1. The van der Waals surface area contributed by atoms with Crippen molar-refractivity contribution in [3.63, 3.8) is 0 Å². The third-order valence-corrected chi connectivity index (χ3v) is 14.6. The minimum Gasteiger partial charge on any atom is -0.484 e. The Morgan fingerprint density at radius 1 is 0.833 bits per heavy atom. The zero-order valence-electron chi connectivity index (χ0n) is 42.5. The number of benzene rings is 5. The second-order valence-electron chi connectivity index (χ2n) is 19.5. The summed E-state index contributed by atoms with van der Waals surface area (Å²) in [6, 6.07) is 30.4. The number of carbonyl (C=O) groups excluding carboxylic acids is 5. The molecule has 5 amide bonds. The molecule has 0 saturated carbocycles. The number of hydrogen-bond acceptors (Lipinski definition) is 11. The quantitative estimate of drug-likeness (QED) is 0.0595. The number of rotatable bonds is 18. The fourth-order valence-corrected chi connectivity index (χ4v) is 10.1. The summed E-state index contributed by atoms with van der Waals surface area (Å²) in [5.74, 6) is -3.60. The number of nitrogens with zero attached hydrogens (tertiary/aromatic N) is 6. The SMILES string of the molecule is C[C@H](CC(=O)N1CCC(O)(Cn2cnc3c(-c4ccc(CNC(=O)CCNC(=O)COc5ccc6c(c5)C(=O)N([C@H](C(=O)O)c5ccc(Cl)cc5)[C@@H](c5ccc(Cl)cc5)C(=O)N6)cc4)n(C)nc3c2=O)CC1)c1ccccc1. The Morgan fingerprint density at radius 3 is 2.19 bits per heavy atom. The molecule has 78 heavy (non-hydrogen) atoms. The van der Waals surface area contributed by atoms with Crippen molar-refractivity contribution < 1.29 is 43.7 Å². The van der Waals surface area contributed by atoms with Crippen LogP contribution in [0.1, 0.15) is 83.2 Å². The van der Waals surface area contributed by atoms with Crippen molar-refractivity contribution in [2.45, 2.75) is 69.3 Å². The number of aliphatic carboxylic acids is 1. The topological polar surface area (TPSA) is 247 Å². The summed E-state index contributed by atoms with van der Waals surface area (Å²) >= 11 is 12.2. The number of hydrogen-bond donors (Lipinski definition) is 5. The van der Waals surface area contributed by atoms with Gasteiger partial charge in [-0.1, -0.05) is 109 Å². The molecule has 0 spiro atoms. The molecule has 2 aromatic heterocycles. The molecule has 7 aromatic rings. The molecule has 5 N–H and O–H groups in total. The van der Waals surface area contributed by atoms with Crippen molar-refractivity contribution in [2.75, 3.05) is 31.6 Å². The summed E-state index contributed by atoms with van der Waals surface area (Å²) in [4.78, 5) is 101. The molecule has 3 atom stereocenters. The fraction of sp³-hybridized carbons (Fsp3) is 0.281. The van der Waals surface area contributed by atoms with Crippen LogP contribution in [0, 0.1) is 0 Å². The monoisotopic (exact) mass is 1100 g/mol. The molecule has 0 radical (unpaired) electrons. The first-order valence-electron chi connectivity index (χ1n) is 25.2. The van der Waals surface area contributed by atoms with Crippen molar-refractivity contribution in [3.05, 3.63) is 176 Å². The van der Waals surface area contributed by atoms with Crippen LogP contribution in [0.2, 0.25) is 10.0 Å². The van der Waals surface area contributed by atoms with Crippen LogP contribution >= 0.6 is 23.2 Å². The molecule has 1 fully saturated rings. The van der Waals surface area contributed by atoms with E-state index in [4.69, 9.17) is 27.9 Å². The number of carboxylic acids is 1. The van der Waals surface area contributed by atoms with Crippen molar-refractivity contribution in [3.8, 4) is 17.0 Å². The number of aryl methyl sites for hydroxylation is 1. The smallest absolute Gasteiger partial charge is 0.331 e. The zero-order chi connectivity index (χ0) is 55.3. The van der Waals surface area contributed by atoms with E-state index in [9.17, 15) is 43.8 Å². The lowest BCUT2D eigenvalue weighted by Crippen LogP contribution is -2.49. The molecule has 5 aromatic carbocycles. The van der Waals surface area contributed by atoms with E-state index in [-0.39, 0.29) is 71.9 Å². The van der Waals surface area contributed by atoms with Crippen LogP contribution in [0.5, 0.6) is 5.75 Å². The first-order chi connectivity index (χ1) is 37.4. The number of fused-ring (bicyclic) bond motifs is 2. The van der Waals surface area contributed by atoms with Gasteiger partial charge < -0.3 is 40.7 Å². The van der Waals surface area contributed by atoms with Crippen LogP contribution in [-0.4, -0.2) is 107 Å². The van der Waals surface area contributed by atoms with Gasteiger partial charge in [0.25, 0.3) is 23.3 Å². The Morgan fingerprint density at radius 2 is 1.51 bits per heavy atom. The Kier molecular flexibility index (Phi) is 16.4. The van der Waals surface area contributed by atoms with Gasteiger partial charge in [0.05, 0.1) is 35.4 Å². The van der Waals surface area contributed by atoms with Gasteiger partial charge in [0.1, 0.15) is 17.3 Å². The van der Waals surface area contributed by atoms with E-state index in [0.717, 1.165) is 21.6 Å². The van der Waals surface area contributed by atoms with Gasteiger partial charge in [-0.25, -0.2) is 9.78 Å². The number of amides is 5. The largest absolute Gasteiger partial charge is 0.484 e. The van der Waals surface area contributed by atoms with Crippen LogP contribution < -0.4 is 26.2 Å². The molecule has 0 unspecified atom stereocenters. The normalized spacial score (nSPS) is 15.9. The first kappa shape index (κ1) is 54.4. The number of carbonyl (C=O) groups is 6. The first-order valence-corrected chi connectivity index (χ1v) is 25.9. The summed E-state index contributed by atoms with van der Waals surface area (Å²) in [7, 11) is 1.72. The molecule has 1 saturated heterocycles. The molecule has 4 heterocycles. The lowest BCUT2D eigenvalue weighted by Gasteiger charge is -2.38. The number of nitrogens with one attached hydrogen (secondary N) is 3. The molecule has 0 aliphatic carbocycles. The zero-order valence-corrected chi connectivity index (χ0v) is 44.0. The average molecular weight is 1100 g/mol. The Labute approximate surface area is 457 Å². The minimum absolute atomic E-state index is 0.00919. The highest BCUT2D eigenvalue weighted by atomic mass is 35.5. The highest BCUT2D eigenvalue weighted by Crippen LogP contribution is 2.39. The number of carboxylic acid groups (broad SMARTS) is 1. The van der Waals surface area contributed by atoms with Crippen LogP contribution in [0.4, 0.5) is 5.69 Å². The average Bonchev–Trinajstić information content (AvgIpc) is 3.78. The van der Waals surface area contributed by atoms with Crippen LogP contribution in [0.15, 0.2) is 132 Å². The molecule has 19 nitrogen and oxygen atoms in total. The van der Waals surface area contributed by atoms with Gasteiger partial charge in [-0.3, -0.25) is 38.0 Å². The number of aliphatic hydroxyl groups is 1. The van der Waals surface area contributed by atoms with Gasteiger partial charge >= 0.3 is 5.97 Å². The standard InChI is InChI=1S/C57H55Cl2N9O10/c1-34(36-6-4-3-5-7-36)28-47(71)66-26-23-57(77,24-27-66)32-67-33-62-48-49(55(67)74)64-65(2)50(48)37-10-8-35(9-11-37)30-61-45(69)22-25-60-46(70)31-78-42-20-21-44-43(29-42)54(73)68(52(56(75)76)39-14-18-41(59)19-15-39)51(53(72)63-44)38-12-16-40(58)17-13-38/h3-21,29,33-34,51-52,77H,22-28,30-32H2,1-2H3,(H,60,70)(H,61,69)(H,63,72)(H,75,76)/t34-,51+,52+/m1/s1. The third-order valence-electron chi connectivity index (χ3n) is 14.1. The molecular weight excluding hydrogens is 1040 g/mol. The maximum Gasteiger partial charge on any atom is 0.331 e. The summed E-state index contributed by atoms with van der Waals surface area (Å²) in [5, 5.41) is 35.5. The summed E-state index contributed by atoms with van der Waals surface area (Å²) in [6.07, 6.45) is 2.37. The van der Waals surface area contributed by atoms with Crippen molar-refractivity contribution >= 4 is 75.4 Å². The Bertz CT molecular complexity index is 3460. The van der Waals surface area contributed by atoms with Gasteiger partial charge in [0.2, 0.25) is 11.8 Å². The predicted molar refractivity (Wildman–Crippen MR) is 291 cm³/mol. The fourth-order valence-electron chi connectivity index (χ4n) is 9.83. The molecule has 9 rings (SSSR count). The third kappa shape index (κ3) is 12.2. The van der Waals surface area contributed by atoms with Gasteiger partial charge in [-0.15, -0.1) is 0 Å². The maximum absolute atomic E-state index is 14.5. The Balaban J connectivity index is 0.756. The molecule has 21 heteroatoms. The van der Waals surface area contributed by atoms with E-state index in [0.29, 0.717) is 59.2 Å². The van der Waals surface area contributed by atoms with Crippen molar-refractivity contribution in [1.29, 1.82) is 0 Å². The number of likely N-dealkylation sites (tertiary alicyclic amines) is 1. The van der Waals surface area contributed by atoms with E-state index >= 15 is 0 Å². The van der Waals surface area contributed by atoms with Crippen molar-refractivity contribution in [1.82, 2.24) is 39.8 Å². The van der Waals surface area contributed by atoms with Gasteiger partial charge in [-0.05, 0) is 83.5 Å². The highest BCUT2D eigenvalue weighted by molar-refractivity contribution is 6.31. The van der Waals surface area contributed by atoms with Crippen molar-refractivity contribution in [2.24, 2.45) is 7.05 Å². The molecular formula is C57H55Cl2N9O10. The van der Waals surface area contributed by atoms with Crippen LogP contribution in [0.3, 0.4) is 0 Å². The summed E-state index contributed by atoms with van der Waals surface area (Å²) in [6.45, 7) is 2.48. The number of anilines is 1. The van der Waals surface area contributed by atoms with Gasteiger partial charge in [0, 0.05) is 61.7 Å². The minimum atomic E-state index is -1.63. The number of ether oxygens (including phenoxy) is 1. The van der Waals surface area contributed by atoms with E-state index in [2.05, 4.69) is 26.0 Å². The predicted octanol–water partition coefficient (Wildman–Crippen LogP) is 6.81. The second kappa shape index (κ2) is 23.5. The second-order valence-corrected chi connectivity index (χ2v) is 20.4. The van der Waals surface area contributed by atoms with E-state index in [1.54, 1.807) is 16.6 Å². The molecule has 2 aliphatic heterocycles.